The number of aliphatic hydroxyl groups is 1. The fourth-order valence-electron chi connectivity index (χ4n) is 1.40. The van der Waals surface area contributed by atoms with E-state index in [9.17, 15) is 5.11 Å². The summed E-state index contributed by atoms with van der Waals surface area (Å²) in [5, 5.41) is 12.6. The molecule has 0 aromatic carbocycles. The van der Waals surface area contributed by atoms with Gasteiger partial charge < -0.3 is 10.8 Å². The van der Waals surface area contributed by atoms with Gasteiger partial charge in [-0.05, 0) is 38.8 Å². The van der Waals surface area contributed by atoms with Crippen LogP contribution in [-0.2, 0) is 0 Å². The minimum absolute atomic E-state index is 0.306. The number of rotatable bonds is 10. The summed E-state index contributed by atoms with van der Waals surface area (Å²) >= 11 is 0. The molecule has 1 unspecified atom stereocenters. The highest BCUT2D eigenvalue weighted by molar-refractivity contribution is 4.54. The molecule has 3 nitrogen and oxygen atoms in total. The number of unbranched alkanes of at least 4 members (excludes halogenated alkanes) is 4. The molecule has 0 aliphatic rings. The highest BCUT2D eigenvalue weighted by atomic mass is 16.3. The molecule has 3 heteroatoms. The zero-order valence-electron chi connectivity index (χ0n) is 9.47. The maximum absolute atomic E-state index is 9.50. The number of hydrogen-bond donors (Lipinski definition) is 3. The molecular weight excluding hydrogens is 176 g/mol. The summed E-state index contributed by atoms with van der Waals surface area (Å²) in [4.78, 5) is 0. The number of hydrogen-bond acceptors (Lipinski definition) is 3. The quantitative estimate of drug-likeness (QED) is 0.372. The fraction of sp³-hybridized carbons (Fsp3) is 1.00. The average Bonchev–Trinajstić information content (AvgIpc) is 2.18. The third-order valence-electron chi connectivity index (χ3n) is 2.34. The van der Waals surface area contributed by atoms with E-state index in [1.54, 1.807) is 0 Å². The second-order valence-corrected chi connectivity index (χ2v) is 3.82. The van der Waals surface area contributed by atoms with E-state index in [1.165, 1.54) is 12.8 Å². The van der Waals surface area contributed by atoms with Crippen LogP contribution in [-0.4, -0.2) is 24.4 Å². The summed E-state index contributed by atoms with van der Waals surface area (Å²) in [6, 6.07) is 0. The van der Waals surface area contributed by atoms with Crippen molar-refractivity contribution in [2.24, 2.45) is 5.73 Å². The highest BCUT2D eigenvalue weighted by Gasteiger charge is 2.00. The third kappa shape index (κ3) is 9.96. The lowest BCUT2D eigenvalue weighted by Crippen LogP contribution is -2.29. The molecule has 0 amide bonds. The minimum Gasteiger partial charge on any atom is -0.379 e. The van der Waals surface area contributed by atoms with Crippen molar-refractivity contribution < 1.29 is 5.11 Å². The van der Waals surface area contributed by atoms with Crippen LogP contribution in [0.15, 0.2) is 0 Å². The normalized spacial score (nSPS) is 13.1. The van der Waals surface area contributed by atoms with Gasteiger partial charge in [-0.3, -0.25) is 5.32 Å². The van der Waals surface area contributed by atoms with E-state index in [2.05, 4.69) is 12.2 Å². The van der Waals surface area contributed by atoms with Crippen LogP contribution < -0.4 is 11.1 Å². The molecule has 0 aliphatic heterocycles. The van der Waals surface area contributed by atoms with Crippen molar-refractivity contribution in [1.29, 1.82) is 0 Å². The molecule has 0 spiro atoms. The molecule has 0 radical (unpaired) electrons. The Hall–Kier alpha value is -0.120. The SMILES string of the molecule is CCCCCC(O)NCCCCCN. The van der Waals surface area contributed by atoms with Gasteiger partial charge in [0, 0.05) is 0 Å². The molecule has 0 aliphatic carbocycles. The Morgan fingerprint density at radius 2 is 1.93 bits per heavy atom. The molecule has 0 saturated heterocycles. The van der Waals surface area contributed by atoms with E-state index in [0.717, 1.165) is 45.2 Å². The lowest BCUT2D eigenvalue weighted by Gasteiger charge is -2.11. The first-order chi connectivity index (χ1) is 6.81. The van der Waals surface area contributed by atoms with Crippen molar-refractivity contribution in [3.8, 4) is 0 Å². The summed E-state index contributed by atoms with van der Waals surface area (Å²) in [6.45, 7) is 3.86. The Kier molecular flexibility index (Phi) is 10.9. The van der Waals surface area contributed by atoms with E-state index in [1.807, 2.05) is 0 Å². The van der Waals surface area contributed by atoms with Gasteiger partial charge in [-0.15, -0.1) is 0 Å². The first kappa shape index (κ1) is 13.9. The standard InChI is InChI=1S/C11H26N2O/c1-2-3-5-8-11(14)13-10-7-4-6-9-12/h11,13-14H,2-10,12H2,1H3. The van der Waals surface area contributed by atoms with Gasteiger partial charge in [0.15, 0.2) is 0 Å². The van der Waals surface area contributed by atoms with Crippen molar-refractivity contribution in [2.45, 2.75) is 58.1 Å². The molecule has 0 fully saturated rings. The zero-order chi connectivity index (χ0) is 10.6. The van der Waals surface area contributed by atoms with Gasteiger partial charge in [-0.1, -0.05) is 26.2 Å². The monoisotopic (exact) mass is 202 g/mol. The van der Waals surface area contributed by atoms with Crippen LogP contribution in [0.5, 0.6) is 0 Å². The molecule has 0 saturated carbocycles. The maximum Gasteiger partial charge on any atom is 0.104 e. The maximum atomic E-state index is 9.50. The molecule has 86 valence electrons. The largest absolute Gasteiger partial charge is 0.379 e. The van der Waals surface area contributed by atoms with Crippen molar-refractivity contribution >= 4 is 0 Å². The molecule has 0 bridgehead atoms. The molecular formula is C11H26N2O. The smallest absolute Gasteiger partial charge is 0.104 e. The summed E-state index contributed by atoms with van der Waals surface area (Å²) in [5.41, 5.74) is 5.38. The van der Waals surface area contributed by atoms with Gasteiger partial charge in [-0.25, -0.2) is 0 Å². The Morgan fingerprint density at radius 1 is 1.14 bits per heavy atom. The predicted octanol–water partition coefficient (Wildman–Crippen LogP) is 1.60. The van der Waals surface area contributed by atoms with E-state index in [0.29, 0.717) is 0 Å². The Bertz CT molecular complexity index is 109. The van der Waals surface area contributed by atoms with Gasteiger partial charge in [-0.2, -0.15) is 0 Å². The summed E-state index contributed by atoms with van der Waals surface area (Å²) < 4.78 is 0. The molecule has 0 aromatic heterocycles. The highest BCUT2D eigenvalue weighted by Crippen LogP contribution is 2.01. The molecule has 14 heavy (non-hydrogen) atoms. The molecule has 0 aromatic rings. The number of aliphatic hydroxyl groups excluding tert-OH is 1. The molecule has 0 rings (SSSR count). The fourth-order valence-corrected chi connectivity index (χ4v) is 1.40. The van der Waals surface area contributed by atoms with Crippen LogP contribution in [0, 0.1) is 0 Å². The van der Waals surface area contributed by atoms with Crippen molar-refractivity contribution in [2.75, 3.05) is 13.1 Å². The van der Waals surface area contributed by atoms with Crippen LogP contribution in [0.3, 0.4) is 0 Å². The summed E-state index contributed by atoms with van der Waals surface area (Å²) in [5.74, 6) is 0. The zero-order valence-corrected chi connectivity index (χ0v) is 9.47. The van der Waals surface area contributed by atoms with Crippen LogP contribution in [0.1, 0.15) is 51.9 Å². The van der Waals surface area contributed by atoms with E-state index < -0.39 is 0 Å². The minimum atomic E-state index is -0.306. The van der Waals surface area contributed by atoms with Gasteiger partial charge in [0.25, 0.3) is 0 Å². The predicted molar refractivity (Wildman–Crippen MR) is 61.1 cm³/mol. The topological polar surface area (TPSA) is 58.3 Å². The van der Waals surface area contributed by atoms with E-state index in [4.69, 9.17) is 5.73 Å². The van der Waals surface area contributed by atoms with Gasteiger partial charge in [0.2, 0.25) is 0 Å². The summed E-state index contributed by atoms with van der Waals surface area (Å²) in [7, 11) is 0. The lowest BCUT2D eigenvalue weighted by molar-refractivity contribution is 0.124. The van der Waals surface area contributed by atoms with Crippen molar-refractivity contribution in [3.63, 3.8) is 0 Å². The molecule has 1 atom stereocenters. The van der Waals surface area contributed by atoms with Crippen LogP contribution >= 0.6 is 0 Å². The van der Waals surface area contributed by atoms with E-state index >= 15 is 0 Å². The number of nitrogens with two attached hydrogens (primary N) is 1. The second-order valence-electron chi connectivity index (χ2n) is 3.82. The van der Waals surface area contributed by atoms with Crippen LogP contribution in [0.2, 0.25) is 0 Å². The molecule has 0 heterocycles. The molecule has 4 N–H and O–H groups in total. The third-order valence-corrected chi connectivity index (χ3v) is 2.34. The first-order valence-electron chi connectivity index (χ1n) is 5.92. The van der Waals surface area contributed by atoms with Crippen LogP contribution in [0.4, 0.5) is 0 Å². The Morgan fingerprint density at radius 3 is 2.57 bits per heavy atom. The van der Waals surface area contributed by atoms with Crippen molar-refractivity contribution in [3.05, 3.63) is 0 Å². The Balaban J connectivity index is 3.06. The Labute approximate surface area is 88.1 Å². The van der Waals surface area contributed by atoms with Gasteiger partial charge >= 0.3 is 0 Å². The van der Waals surface area contributed by atoms with Gasteiger partial charge in [0.1, 0.15) is 6.23 Å². The summed E-state index contributed by atoms with van der Waals surface area (Å²) in [6.07, 6.45) is 7.48. The van der Waals surface area contributed by atoms with Crippen molar-refractivity contribution in [1.82, 2.24) is 5.32 Å². The van der Waals surface area contributed by atoms with E-state index in [-0.39, 0.29) is 6.23 Å². The van der Waals surface area contributed by atoms with Gasteiger partial charge in [0.05, 0.1) is 0 Å². The second kappa shape index (κ2) is 11.0. The average molecular weight is 202 g/mol. The first-order valence-corrected chi connectivity index (χ1v) is 5.92. The van der Waals surface area contributed by atoms with Crippen LogP contribution in [0.25, 0.3) is 0 Å². The lowest BCUT2D eigenvalue weighted by atomic mass is 10.2. The number of nitrogens with one attached hydrogen (secondary N) is 1.